The molecule has 3 atom stereocenters. The summed E-state index contributed by atoms with van der Waals surface area (Å²) < 4.78 is 0. The summed E-state index contributed by atoms with van der Waals surface area (Å²) in [5, 5.41) is 4.34. The van der Waals surface area contributed by atoms with E-state index in [4.69, 9.17) is 5.73 Å². The second-order valence-electron chi connectivity index (χ2n) is 4.66. The number of likely N-dealkylation sites (N-methyl/N-ethyl adjacent to an activating group) is 1. The lowest BCUT2D eigenvalue weighted by Gasteiger charge is -2.35. The van der Waals surface area contributed by atoms with Crippen molar-refractivity contribution >= 4 is 11.3 Å². The molecule has 0 aliphatic carbocycles. The number of hydrogen-bond acceptors (Lipinski definition) is 3. The maximum Gasteiger partial charge on any atom is 0.0504 e. The quantitative estimate of drug-likeness (QED) is 0.827. The average molecular weight is 240 g/mol. The molecule has 0 saturated carbocycles. The van der Waals surface area contributed by atoms with E-state index in [2.05, 4.69) is 49.5 Å². The van der Waals surface area contributed by atoms with Crippen LogP contribution >= 0.6 is 11.3 Å². The molecule has 1 aromatic heterocycles. The summed E-state index contributed by atoms with van der Waals surface area (Å²) in [6.07, 6.45) is 2.45. The molecule has 0 saturated heterocycles. The molecule has 0 spiro atoms. The van der Waals surface area contributed by atoms with Crippen LogP contribution in [0.5, 0.6) is 0 Å². The van der Waals surface area contributed by atoms with E-state index in [0.717, 1.165) is 0 Å². The Morgan fingerprint density at radius 3 is 2.56 bits per heavy atom. The Kier molecular flexibility index (Phi) is 5.46. The van der Waals surface area contributed by atoms with E-state index < -0.39 is 0 Å². The van der Waals surface area contributed by atoms with Crippen molar-refractivity contribution in [2.75, 3.05) is 7.05 Å². The summed E-state index contributed by atoms with van der Waals surface area (Å²) >= 11 is 1.75. The van der Waals surface area contributed by atoms with Crippen LogP contribution in [0.25, 0.3) is 0 Å². The molecule has 0 aliphatic heterocycles. The van der Waals surface area contributed by atoms with Crippen molar-refractivity contribution in [3.63, 3.8) is 0 Å². The van der Waals surface area contributed by atoms with Gasteiger partial charge in [-0.3, -0.25) is 4.90 Å². The summed E-state index contributed by atoms with van der Waals surface area (Å²) in [7, 11) is 2.19. The van der Waals surface area contributed by atoms with Gasteiger partial charge in [-0.15, -0.1) is 0 Å². The molecule has 1 heterocycles. The first-order chi connectivity index (χ1) is 7.57. The minimum atomic E-state index is 0.166. The third-order valence-corrected chi connectivity index (χ3v) is 3.92. The standard InChI is InChI=1S/C13H24N2S/c1-5-6-10(2)15(4)13(11(3)14)12-7-8-16-9-12/h7-11,13H,5-6,14H2,1-4H3. The van der Waals surface area contributed by atoms with Crippen molar-refractivity contribution in [1.29, 1.82) is 0 Å². The summed E-state index contributed by atoms with van der Waals surface area (Å²) in [5.74, 6) is 0. The molecule has 16 heavy (non-hydrogen) atoms. The molecule has 0 amide bonds. The van der Waals surface area contributed by atoms with Crippen molar-refractivity contribution in [1.82, 2.24) is 4.90 Å². The van der Waals surface area contributed by atoms with E-state index >= 15 is 0 Å². The van der Waals surface area contributed by atoms with Crippen LogP contribution in [0.3, 0.4) is 0 Å². The Balaban J connectivity index is 2.78. The van der Waals surface area contributed by atoms with Gasteiger partial charge in [0.2, 0.25) is 0 Å². The molecule has 3 heteroatoms. The number of rotatable bonds is 6. The Morgan fingerprint density at radius 1 is 1.44 bits per heavy atom. The highest BCUT2D eigenvalue weighted by Crippen LogP contribution is 2.27. The SMILES string of the molecule is CCCC(C)N(C)C(c1ccsc1)C(C)N. The number of nitrogens with zero attached hydrogens (tertiary/aromatic N) is 1. The van der Waals surface area contributed by atoms with Crippen LogP contribution in [0, 0.1) is 0 Å². The fraction of sp³-hybridized carbons (Fsp3) is 0.692. The molecule has 0 radical (unpaired) electrons. The first-order valence-electron chi connectivity index (χ1n) is 6.07. The van der Waals surface area contributed by atoms with Crippen LogP contribution in [-0.4, -0.2) is 24.0 Å². The summed E-state index contributed by atoms with van der Waals surface area (Å²) in [4.78, 5) is 2.41. The summed E-state index contributed by atoms with van der Waals surface area (Å²) in [5.41, 5.74) is 7.48. The van der Waals surface area contributed by atoms with Crippen LogP contribution in [0.4, 0.5) is 0 Å². The van der Waals surface area contributed by atoms with Gasteiger partial charge in [0.15, 0.2) is 0 Å². The van der Waals surface area contributed by atoms with Gasteiger partial charge in [-0.1, -0.05) is 13.3 Å². The predicted molar refractivity (Wildman–Crippen MR) is 72.8 cm³/mol. The molecular formula is C13H24N2S. The van der Waals surface area contributed by atoms with Crippen molar-refractivity contribution < 1.29 is 0 Å². The van der Waals surface area contributed by atoms with Crippen molar-refractivity contribution in [2.24, 2.45) is 5.73 Å². The van der Waals surface area contributed by atoms with Crippen LogP contribution in [0.2, 0.25) is 0 Å². The molecule has 0 aliphatic rings. The highest BCUT2D eigenvalue weighted by molar-refractivity contribution is 7.07. The fourth-order valence-corrected chi connectivity index (χ4v) is 2.94. The van der Waals surface area contributed by atoms with Gasteiger partial charge < -0.3 is 5.73 Å². The van der Waals surface area contributed by atoms with Gasteiger partial charge in [0.25, 0.3) is 0 Å². The molecule has 1 aromatic rings. The summed E-state index contributed by atoms with van der Waals surface area (Å²) in [6.45, 7) is 6.61. The third-order valence-electron chi connectivity index (χ3n) is 3.22. The Bertz CT molecular complexity index is 282. The largest absolute Gasteiger partial charge is 0.326 e. The van der Waals surface area contributed by atoms with Gasteiger partial charge in [0, 0.05) is 12.1 Å². The van der Waals surface area contributed by atoms with Gasteiger partial charge in [-0.25, -0.2) is 0 Å². The van der Waals surface area contributed by atoms with E-state index in [-0.39, 0.29) is 6.04 Å². The number of nitrogens with two attached hydrogens (primary N) is 1. The topological polar surface area (TPSA) is 29.3 Å². The van der Waals surface area contributed by atoms with Crippen LogP contribution in [0.1, 0.15) is 45.2 Å². The van der Waals surface area contributed by atoms with E-state index in [1.165, 1.54) is 18.4 Å². The molecule has 3 unspecified atom stereocenters. The molecule has 2 nitrogen and oxygen atoms in total. The smallest absolute Gasteiger partial charge is 0.0504 e. The minimum Gasteiger partial charge on any atom is -0.326 e. The maximum absolute atomic E-state index is 6.13. The molecule has 0 aromatic carbocycles. The molecule has 2 N–H and O–H groups in total. The van der Waals surface area contributed by atoms with Crippen LogP contribution in [0.15, 0.2) is 16.8 Å². The lowest BCUT2D eigenvalue weighted by molar-refractivity contribution is 0.157. The number of thiophene rings is 1. The molecule has 92 valence electrons. The van der Waals surface area contributed by atoms with Crippen molar-refractivity contribution in [3.8, 4) is 0 Å². The van der Waals surface area contributed by atoms with Gasteiger partial charge in [-0.05, 0) is 49.7 Å². The lowest BCUT2D eigenvalue weighted by Crippen LogP contribution is -2.41. The molecule has 0 bridgehead atoms. The number of hydrogen-bond donors (Lipinski definition) is 1. The van der Waals surface area contributed by atoms with E-state index in [1.807, 2.05) is 0 Å². The normalized spacial score (nSPS) is 17.4. The zero-order valence-electron chi connectivity index (χ0n) is 10.8. The summed E-state index contributed by atoms with van der Waals surface area (Å²) in [6, 6.07) is 3.28. The highest BCUT2D eigenvalue weighted by Gasteiger charge is 2.24. The van der Waals surface area contributed by atoms with Gasteiger partial charge in [-0.2, -0.15) is 11.3 Å². The van der Waals surface area contributed by atoms with Gasteiger partial charge in [0.05, 0.1) is 6.04 Å². The lowest BCUT2D eigenvalue weighted by atomic mass is 10.00. The Labute approximate surface area is 103 Å². The van der Waals surface area contributed by atoms with Crippen LogP contribution < -0.4 is 5.73 Å². The van der Waals surface area contributed by atoms with Crippen molar-refractivity contribution in [2.45, 2.75) is 51.7 Å². The molecule has 0 fully saturated rings. The minimum absolute atomic E-state index is 0.166. The Hall–Kier alpha value is -0.380. The zero-order chi connectivity index (χ0) is 12.1. The second-order valence-corrected chi connectivity index (χ2v) is 5.44. The third kappa shape index (κ3) is 3.30. The average Bonchev–Trinajstić information content (AvgIpc) is 2.71. The first-order valence-corrected chi connectivity index (χ1v) is 7.01. The maximum atomic E-state index is 6.13. The van der Waals surface area contributed by atoms with Gasteiger partial charge >= 0.3 is 0 Å². The fourth-order valence-electron chi connectivity index (χ4n) is 2.25. The monoisotopic (exact) mass is 240 g/mol. The Morgan fingerprint density at radius 2 is 2.12 bits per heavy atom. The van der Waals surface area contributed by atoms with E-state index in [9.17, 15) is 0 Å². The van der Waals surface area contributed by atoms with Crippen molar-refractivity contribution in [3.05, 3.63) is 22.4 Å². The van der Waals surface area contributed by atoms with Crippen LogP contribution in [-0.2, 0) is 0 Å². The predicted octanol–water partition coefficient (Wildman–Crippen LogP) is 3.26. The van der Waals surface area contributed by atoms with Gasteiger partial charge in [0.1, 0.15) is 0 Å². The molecule has 1 rings (SSSR count). The first kappa shape index (κ1) is 13.7. The zero-order valence-corrected chi connectivity index (χ0v) is 11.6. The van der Waals surface area contributed by atoms with E-state index in [1.54, 1.807) is 11.3 Å². The highest BCUT2D eigenvalue weighted by atomic mass is 32.1. The van der Waals surface area contributed by atoms with E-state index in [0.29, 0.717) is 12.1 Å². The molecular weight excluding hydrogens is 216 g/mol. The second kappa shape index (κ2) is 6.38.